The van der Waals surface area contributed by atoms with E-state index < -0.39 is 0 Å². The zero-order valence-corrected chi connectivity index (χ0v) is 12.6. The van der Waals surface area contributed by atoms with Crippen LogP contribution in [0.25, 0.3) is 0 Å². The largest absolute Gasteiger partial charge is 0.396 e. The lowest BCUT2D eigenvalue weighted by atomic mass is 10.2. The van der Waals surface area contributed by atoms with Crippen molar-refractivity contribution in [3.8, 4) is 0 Å². The number of thioether (sulfide) groups is 1. The first-order valence-corrected chi connectivity index (χ1v) is 7.99. The van der Waals surface area contributed by atoms with Crippen molar-refractivity contribution in [2.45, 2.75) is 24.3 Å². The first-order chi connectivity index (χ1) is 8.52. The van der Waals surface area contributed by atoms with E-state index in [0.29, 0.717) is 16.6 Å². The van der Waals surface area contributed by atoms with E-state index in [1.807, 2.05) is 6.26 Å². The van der Waals surface area contributed by atoms with Crippen LogP contribution >= 0.6 is 23.1 Å². The maximum atomic E-state index is 11.5. The van der Waals surface area contributed by atoms with Crippen LogP contribution in [0.15, 0.2) is 4.90 Å². The quantitative estimate of drug-likeness (QED) is 0.657. The summed E-state index contributed by atoms with van der Waals surface area (Å²) in [7, 11) is 2.13. The molecule has 0 saturated carbocycles. The highest BCUT2D eigenvalue weighted by Gasteiger charge is 2.23. The Morgan fingerprint density at radius 2 is 2.33 bits per heavy atom. The minimum Gasteiger partial charge on any atom is -0.396 e. The number of nitrogens with two attached hydrogens (primary N) is 1. The first-order valence-electron chi connectivity index (χ1n) is 5.95. The van der Waals surface area contributed by atoms with Gasteiger partial charge in [0.25, 0.3) is 0 Å². The van der Waals surface area contributed by atoms with Gasteiger partial charge in [0.15, 0.2) is 5.78 Å². The number of likely N-dealkylation sites (N-methyl/N-ethyl adjacent to an activating group) is 1. The van der Waals surface area contributed by atoms with Crippen LogP contribution in [-0.4, -0.2) is 43.1 Å². The summed E-state index contributed by atoms with van der Waals surface area (Å²) in [5.74, 6) is 0.0457. The summed E-state index contributed by atoms with van der Waals surface area (Å²) in [5, 5.41) is 4.58. The monoisotopic (exact) mass is 285 g/mol. The molecule has 1 fully saturated rings. The molecule has 4 nitrogen and oxygen atoms in total. The van der Waals surface area contributed by atoms with Gasteiger partial charge in [0.1, 0.15) is 5.00 Å². The van der Waals surface area contributed by atoms with E-state index in [2.05, 4.69) is 17.3 Å². The summed E-state index contributed by atoms with van der Waals surface area (Å²) in [6.45, 7) is 3.73. The number of hydrogen-bond donors (Lipinski definition) is 2. The summed E-state index contributed by atoms with van der Waals surface area (Å²) in [6, 6.07) is 0.457. The summed E-state index contributed by atoms with van der Waals surface area (Å²) in [5.41, 5.74) is 6.67. The number of nitrogen functional groups attached to an aromatic ring is 1. The van der Waals surface area contributed by atoms with Crippen LogP contribution in [0.4, 0.5) is 10.7 Å². The molecule has 1 aromatic heterocycles. The van der Waals surface area contributed by atoms with Crippen molar-refractivity contribution in [3.63, 3.8) is 0 Å². The minimum atomic E-state index is 0.0457. The van der Waals surface area contributed by atoms with Crippen LogP contribution in [0.1, 0.15) is 23.0 Å². The number of nitrogens with one attached hydrogen (secondary N) is 1. The Balaban J connectivity index is 2.21. The van der Waals surface area contributed by atoms with Gasteiger partial charge in [0.05, 0.1) is 15.5 Å². The van der Waals surface area contributed by atoms with E-state index in [-0.39, 0.29) is 5.78 Å². The molecule has 0 spiro atoms. The molecule has 18 heavy (non-hydrogen) atoms. The molecule has 6 heteroatoms. The number of ketones is 1. The topological polar surface area (TPSA) is 58.4 Å². The van der Waals surface area contributed by atoms with E-state index in [0.717, 1.165) is 29.4 Å². The SMILES string of the molecule is CSc1c(NC2CCN(C)C2)sc(C(C)=O)c1N. The summed E-state index contributed by atoms with van der Waals surface area (Å²) in [4.78, 5) is 15.5. The molecule has 3 N–H and O–H groups in total. The molecule has 0 aromatic carbocycles. The normalized spacial score (nSPS) is 20.3. The molecule has 0 bridgehead atoms. The zero-order chi connectivity index (χ0) is 13.3. The number of carbonyl (C=O) groups excluding carboxylic acids is 1. The molecule has 0 amide bonds. The molecule has 2 heterocycles. The van der Waals surface area contributed by atoms with Crippen molar-refractivity contribution < 1.29 is 4.79 Å². The third-order valence-electron chi connectivity index (χ3n) is 3.15. The highest BCUT2D eigenvalue weighted by atomic mass is 32.2. The van der Waals surface area contributed by atoms with E-state index in [1.165, 1.54) is 11.3 Å². The molecule has 1 aliphatic heterocycles. The van der Waals surface area contributed by atoms with Crippen LogP contribution < -0.4 is 11.1 Å². The predicted octanol–water partition coefficient (Wildman–Crippen LogP) is 2.37. The second-order valence-electron chi connectivity index (χ2n) is 4.66. The first kappa shape index (κ1) is 13.7. The number of nitrogens with zero attached hydrogens (tertiary/aromatic N) is 1. The van der Waals surface area contributed by atoms with Gasteiger partial charge in [-0.15, -0.1) is 23.1 Å². The maximum Gasteiger partial charge on any atom is 0.171 e. The van der Waals surface area contributed by atoms with E-state index in [4.69, 9.17) is 5.73 Å². The third-order valence-corrected chi connectivity index (χ3v) is 5.35. The van der Waals surface area contributed by atoms with Crippen molar-refractivity contribution in [1.29, 1.82) is 0 Å². The van der Waals surface area contributed by atoms with Gasteiger partial charge < -0.3 is 16.0 Å². The lowest BCUT2D eigenvalue weighted by Crippen LogP contribution is -2.23. The highest BCUT2D eigenvalue weighted by Crippen LogP contribution is 2.42. The lowest BCUT2D eigenvalue weighted by Gasteiger charge is -2.13. The van der Waals surface area contributed by atoms with Crippen molar-refractivity contribution in [2.75, 3.05) is 37.4 Å². The average molecular weight is 285 g/mol. The van der Waals surface area contributed by atoms with Gasteiger partial charge >= 0.3 is 0 Å². The molecule has 1 aliphatic rings. The van der Waals surface area contributed by atoms with E-state index >= 15 is 0 Å². The summed E-state index contributed by atoms with van der Waals surface area (Å²) in [6.07, 6.45) is 3.13. The van der Waals surface area contributed by atoms with Gasteiger partial charge in [-0.3, -0.25) is 4.79 Å². The Morgan fingerprint density at radius 3 is 2.83 bits per heavy atom. The number of anilines is 2. The zero-order valence-electron chi connectivity index (χ0n) is 10.9. The number of carbonyl (C=O) groups is 1. The second kappa shape index (κ2) is 5.50. The summed E-state index contributed by atoms with van der Waals surface area (Å²) < 4.78 is 0. The Morgan fingerprint density at radius 1 is 1.61 bits per heavy atom. The van der Waals surface area contributed by atoms with Crippen molar-refractivity contribution >= 4 is 39.6 Å². The summed E-state index contributed by atoms with van der Waals surface area (Å²) >= 11 is 3.08. The molecule has 100 valence electrons. The average Bonchev–Trinajstić information content (AvgIpc) is 2.84. The Bertz CT molecular complexity index is 458. The Labute approximate surface area is 116 Å². The fourth-order valence-corrected chi connectivity index (χ4v) is 4.22. The maximum absolute atomic E-state index is 11.5. The highest BCUT2D eigenvalue weighted by molar-refractivity contribution is 7.99. The fourth-order valence-electron chi connectivity index (χ4n) is 2.23. The standard InChI is InChI=1S/C12H19N3OS2/c1-7(16)10-9(13)11(17-3)12(18-10)14-8-4-5-15(2)6-8/h8,14H,4-6,13H2,1-3H3. The van der Waals surface area contributed by atoms with Crippen LogP contribution in [-0.2, 0) is 0 Å². The second-order valence-corrected chi connectivity index (χ2v) is 6.49. The molecule has 1 atom stereocenters. The number of hydrogen-bond acceptors (Lipinski definition) is 6. The van der Waals surface area contributed by atoms with Gasteiger partial charge in [-0.05, 0) is 26.3 Å². The van der Waals surface area contributed by atoms with Gasteiger partial charge in [0.2, 0.25) is 0 Å². The molecule has 1 saturated heterocycles. The van der Waals surface area contributed by atoms with Crippen LogP contribution in [0.5, 0.6) is 0 Å². The van der Waals surface area contributed by atoms with Crippen LogP contribution in [0, 0.1) is 0 Å². The predicted molar refractivity (Wildman–Crippen MR) is 80.0 cm³/mol. The van der Waals surface area contributed by atoms with E-state index in [9.17, 15) is 4.79 Å². The minimum absolute atomic E-state index is 0.0457. The van der Waals surface area contributed by atoms with Crippen molar-refractivity contribution in [1.82, 2.24) is 4.90 Å². The number of rotatable bonds is 4. The lowest BCUT2D eigenvalue weighted by molar-refractivity contribution is 0.102. The molecule has 1 aromatic rings. The molecular formula is C12H19N3OS2. The van der Waals surface area contributed by atoms with Gasteiger partial charge in [-0.2, -0.15) is 0 Å². The molecular weight excluding hydrogens is 266 g/mol. The fraction of sp³-hybridized carbons (Fsp3) is 0.583. The van der Waals surface area contributed by atoms with Crippen LogP contribution in [0.3, 0.4) is 0 Å². The van der Waals surface area contributed by atoms with Gasteiger partial charge in [-0.1, -0.05) is 0 Å². The molecule has 0 radical (unpaired) electrons. The van der Waals surface area contributed by atoms with Crippen molar-refractivity contribution in [2.24, 2.45) is 0 Å². The molecule has 0 aliphatic carbocycles. The molecule has 2 rings (SSSR count). The van der Waals surface area contributed by atoms with Gasteiger partial charge in [-0.25, -0.2) is 0 Å². The molecule has 1 unspecified atom stereocenters. The Hall–Kier alpha value is -0.720. The number of thiophene rings is 1. The third kappa shape index (κ3) is 2.65. The van der Waals surface area contributed by atoms with Crippen molar-refractivity contribution in [3.05, 3.63) is 4.88 Å². The number of likely N-dealkylation sites (tertiary alicyclic amines) is 1. The Kier molecular flexibility index (Phi) is 4.19. The number of Topliss-reactive ketones (excluding diaryl/α,β-unsaturated/α-hetero) is 1. The van der Waals surface area contributed by atoms with E-state index in [1.54, 1.807) is 18.7 Å². The van der Waals surface area contributed by atoms with Crippen LogP contribution in [0.2, 0.25) is 0 Å². The smallest absolute Gasteiger partial charge is 0.171 e. The van der Waals surface area contributed by atoms with Gasteiger partial charge in [0, 0.05) is 19.5 Å².